The second-order valence-electron chi connectivity index (χ2n) is 5.08. The summed E-state index contributed by atoms with van der Waals surface area (Å²) in [6, 6.07) is 0. The lowest BCUT2D eigenvalue weighted by Gasteiger charge is -2.19. The molecule has 1 aliphatic rings. The van der Waals surface area contributed by atoms with Gasteiger partial charge >= 0.3 is 5.97 Å². The van der Waals surface area contributed by atoms with Gasteiger partial charge in [-0.15, -0.1) is 11.3 Å². The second-order valence-corrected chi connectivity index (χ2v) is 5.92. The van der Waals surface area contributed by atoms with Crippen molar-refractivity contribution in [3.05, 3.63) is 11.1 Å². The predicted octanol–water partition coefficient (Wildman–Crippen LogP) is 3.34. The summed E-state index contributed by atoms with van der Waals surface area (Å²) in [6.45, 7) is 4.36. The molecule has 1 fully saturated rings. The molecule has 0 bridgehead atoms. The molecule has 5 heteroatoms. The molecule has 19 heavy (non-hydrogen) atoms. The SMILES string of the molecule is CCCC1CCCN(c2nc(C(=O)OC)cs2)CC1. The maximum atomic E-state index is 11.4. The average molecular weight is 282 g/mol. The van der Waals surface area contributed by atoms with Crippen LogP contribution in [0.15, 0.2) is 5.38 Å². The van der Waals surface area contributed by atoms with E-state index in [-0.39, 0.29) is 5.97 Å². The highest BCUT2D eigenvalue weighted by Gasteiger charge is 2.20. The van der Waals surface area contributed by atoms with Crippen molar-refractivity contribution in [3.8, 4) is 0 Å². The fourth-order valence-electron chi connectivity index (χ4n) is 2.66. The Morgan fingerprint density at radius 1 is 1.53 bits per heavy atom. The zero-order chi connectivity index (χ0) is 13.7. The minimum absolute atomic E-state index is 0.346. The van der Waals surface area contributed by atoms with Crippen LogP contribution in [0.3, 0.4) is 0 Å². The quantitative estimate of drug-likeness (QED) is 0.794. The third-order valence-electron chi connectivity index (χ3n) is 3.70. The summed E-state index contributed by atoms with van der Waals surface area (Å²) < 4.78 is 4.70. The molecule has 1 atom stereocenters. The molecule has 0 radical (unpaired) electrons. The van der Waals surface area contributed by atoms with Gasteiger partial charge in [-0.2, -0.15) is 0 Å². The van der Waals surface area contributed by atoms with E-state index in [2.05, 4.69) is 16.8 Å². The van der Waals surface area contributed by atoms with E-state index in [1.807, 2.05) is 0 Å². The molecule has 0 saturated carbocycles. The molecule has 0 aliphatic carbocycles. The molecule has 4 nitrogen and oxygen atoms in total. The summed E-state index contributed by atoms with van der Waals surface area (Å²) in [4.78, 5) is 18.1. The van der Waals surface area contributed by atoms with Gasteiger partial charge in [0.05, 0.1) is 7.11 Å². The van der Waals surface area contributed by atoms with Gasteiger partial charge in [0, 0.05) is 18.5 Å². The molecule has 106 valence electrons. The Hall–Kier alpha value is -1.10. The number of aromatic nitrogens is 1. The summed E-state index contributed by atoms with van der Waals surface area (Å²) in [7, 11) is 1.39. The van der Waals surface area contributed by atoms with Crippen molar-refractivity contribution in [3.63, 3.8) is 0 Å². The number of nitrogens with zero attached hydrogens (tertiary/aromatic N) is 2. The van der Waals surface area contributed by atoms with Gasteiger partial charge in [0.2, 0.25) is 0 Å². The van der Waals surface area contributed by atoms with Crippen LogP contribution < -0.4 is 4.90 Å². The van der Waals surface area contributed by atoms with Crippen molar-refractivity contribution in [2.45, 2.75) is 39.0 Å². The minimum atomic E-state index is -0.346. The fraction of sp³-hybridized carbons (Fsp3) is 0.714. The van der Waals surface area contributed by atoms with Gasteiger partial charge in [0.25, 0.3) is 0 Å². The number of thiazole rings is 1. The van der Waals surface area contributed by atoms with Gasteiger partial charge in [0.1, 0.15) is 0 Å². The molecule has 0 spiro atoms. The molecule has 2 rings (SSSR count). The topological polar surface area (TPSA) is 42.4 Å². The van der Waals surface area contributed by atoms with Crippen molar-refractivity contribution in [2.24, 2.45) is 5.92 Å². The lowest BCUT2D eigenvalue weighted by atomic mass is 9.96. The Bertz CT molecular complexity index is 419. The Balaban J connectivity index is 1.98. The second kappa shape index (κ2) is 6.89. The van der Waals surface area contributed by atoms with E-state index in [1.54, 1.807) is 5.38 Å². The van der Waals surface area contributed by atoms with E-state index in [1.165, 1.54) is 50.6 Å². The first-order chi connectivity index (χ1) is 9.24. The third kappa shape index (κ3) is 3.69. The highest BCUT2D eigenvalue weighted by Crippen LogP contribution is 2.27. The first kappa shape index (κ1) is 14.3. The summed E-state index contributed by atoms with van der Waals surface area (Å²) >= 11 is 1.54. The maximum Gasteiger partial charge on any atom is 0.357 e. The van der Waals surface area contributed by atoms with Crippen LogP contribution in [0.5, 0.6) is 0 Å². The third-order valence-corrected chi connectivity index (χ3v) is 4.60. The zero-order valence-electron chi connectivity index (χ0n) is 11.7. The highest BCUT2D eigenvalue weighted by atomic mass is 32.1. The van der Waals surface area contributed by atoms with Crippen molar-refractivity contribution in [1.82, 2.24) is 4.98 Å². The van der Waals surface area contributed by atoms with E-state index in [0.29, 0.717) is 5.69 Å². The summed E-state index contributed by atoms with van der Waals surface area (Å²) in [5, 5.41) is 2.74. The molecule has 0 aromatic carbocycles. The molecule has 0 N–H and O–H groups in total. The minimum Gasteiger partial charge on any atom is -0.464 e. The van der Waals surface area contributed by atoms with Crippen LogP contribution in [-0.2, 0) is 4.74 Å². The molecule has 1 aromatic rings. The first-order valence-electron chi connectivity index (χ1n) is 7.03. The van der Waals surface area contributed by atoms with Crippen LogP contribution >= 0.6 is 11.3 Å². The van der Waals surface area contributed by atoms with E-state index in [4.69, 9.17) is 4.74 Å². The normalized spacial score (nSPS) is 20.1. The van der Waals surface area contributed by atoms with E-state index in [0.717, 1.165) is 24.1 Å². The van der Waals surface area contributed by atoms with Gasteiger partial charge in [-0.1, -0.05) is 19.8 Å². The van der Waals surface area contributed by atoms with Crippen molar-refractivity contribution in [2.75, 3.05) is 25.1 Å². The number of hydrogen-bond acceptors (Lipinski definition) is 5. The summed E-state index contributed by atoms with van der Waals surface area (Å²) in [6.07, 6.45) is 6.38. The van der Waals surface area contributed by atoms with Gasteiger partial charge in [-0.05, 0) is 25.2 Å². The van der Waals surface area contributed by atoms with Crippen LogP contribution in [0.4, 0.5) is 5.13 Å². The van der Waals surface area contributed by atoms with Crippen LogP contribution in [-0.4, -0.2) is 31.2 Å². The number of ether oxygens (including phenoxy) is 1. The first-order valence-corrected chi connectivity index (χ1v) is 7.91. The average Bonchev–Trinajstić information content (AvgIpc) is 2.80. The Labute approximate surface area is 118 Å². The monoisotopic (exact) mass is 282 g/mol. The molecule has 1 unspecified atom stereocenters. The summed E-state index contributed by atoms with van der Waals surface area (Å²) in [5.41, 5.74) is 0.428. The van der Waals surface area contributed by atoms with Crippen LogP contribution in [0.1, 0.15) is 49.5 Å². The number of rotatable bonds is 4. The standard InChI is InChI=1S/C14H22N2O2S/c1-3-5-11-6-4-8-16(9-7-11)14-15-12(10-19-14)13(17)18-2/h10-11H,3-9H2,1-2H3. The molecule has 1 aromatic heterocycles. The molecule has 2 heterocycles. The number of hydrogen-bond donors (Lipinski definition) is 0. The van der Waals surface area contributed by atoms with Crippen LogP contribution in [0.2, 0.25) is 0 Å². The lowest BCUT2D eigenvalue weighted by molar-refractivity contribution is 0.0595. The Morgan fingerprint density at radius 2 is 2.37 bits per heavy atom. The number of methoxy groups -OCH3 is 1. The van der Waals surface area contributed by atoms with E-state index in [9.17, 15) is 4.79 Å². The lowest BCUT2D eigenvalue weighted by Crippen LogP contribution is -2.24. The molecular weight excluding hydrogens is 260 g/mol. The number of esters is 1. The molecule has 1 aliphatic heterocycles. The number of carbonyl (C=O) groups is 1. The molecule has 1 saturated heterocycles. The Morgan fingerprint density at radius 3 is 3.11 bits per heavy atom. The Kier molecular flexibility index (Phi) is 5.19. The highest BCUT2D eigenvalue weighted by molar-refractivity contribution is 7.13. The van der Waals surface area contributed by atoms with E-state index < -0.39 is 0 Å². The van der Waals surface area contributed by atoms with Crippen molar-refractivity contribution < 1.29 is 9.53 Å². The smallest absolute Gasteiger partial charge is 0.357 e. The van der Waals surface area contributed by atoms with Crippen molar-refractivity contribution >= 4 is 22.4 Å². The summed E-state index contributed by atoms with van der Waals surface area (Å²) in [5.74, 6) is 0.510. The van der Waals surface area contributed by atoms with Crippen LogP contribution in [0, 0.1) is 5.92 Å². The molecular formula is C14H22N2O2S. The van der Waals surface area contributed by atoms with Gasteiger partial charge in [0.15, 0.2) is 10.8 Å². The molecule has 0 amide bonds. The fourth-order valence-corrected chi connectivity index (χ4v) is 3.51. The van der Waals surface area contributed by atoms with Crippen molar-refractivity contribution in [1.29, 1.82) is 0 Å². The number of carbonyl (C=O) groups excluding carboxylic acids is 1. The van der Waals surface area contributed by atoms with Crippen LogP contribution in [0.25, 0.3) is 0 Å². The van der Waals surface area contributed by atoms with Gasteiger partial charge in [-0.25, -0.2) is 9.78 Å². The van der Waals surface area contributed by atoms with E-state index >= 15 is 0 Å². The number of anilines is 1. The van der Waals surface area contributed by atoms with Gasteiger partial charge < -0.3 is 9.64 Å². The maximum absolute atomic E-state index is 11.4. The van der Waals surface area contributed by atoms with Gasteiger partial charge in [-0.3, -0.25) is 0 Å². The predicted molar refractivity (Wildman–Crippen MR) is 77.9 cm³/mol. The zero-order valence-corrected chi connectivity index (χ0v) is 12.5. The largest absolute Gasteiger partial charge is 0.464 e.